The van der Waals surface area contributed by atoms with E-state index in [9.17, 15) is 0 Å². The fourth-order valence-corrected chi connectivity index (χ4v) is 2.37. The Hall–Kier alpha value is -1.70. The SMILES string of the molecule is CC(C)(C)C1COc2c(ccc3ccccc23)N1. The molecule has 0 saturated heterocycles. The first-order valence-corrected chi connectivity index (χ1v) is 6.47. The summed E-state index contributed by atoms with van der Waals surface area (Å²) in [7, 11) is 0. The zero-order valence-corrected chi connectivity index (χ0v) is 11.2. The predicted octanol–water partition coefficient (Wildman–Crippen LogP) is 4.06. The summed E-state index contributed by atoms with van der Waals surface area (Å²) in [6, 6.07) is 13.0. The molecule has 2 aromatic rings. The van der Waals surface area contributed by atoms with E-state index in [-0.39, 0.29) is 5.41 Å². The molecule has 0 radical (unpaired) electrons. The number of benzene rings is 2. The van der Waals surface area contributed by atoms with Crippen LogP contribution in [0.4, 0.5) is 5.69 Å². The van der Waals surface area contributed by atoms with Crippen molar-refractivity contribution in [1.29, 1.82) is 0 Å². The van der Waals surface area contributed by atoms with Gasteiger partial charge in [0.15, 0.2) is 0 Å². The van der Waals surface area contributed by atoms with E-state index in [2.05, 4.69) is 62.5 Å². The van der Waals surface area contributed by atoms with Gasteiger partial charge in [0.2, 0.25) is 0 Å². The van der Waals surface area contributed by atoms with Gasteiger partial charge < -0.3 is 10.1 Å². The van der Waals surface area contributed by atoms with Gasteiger partial charge in [-0.2, -0.15) is 0 Å². The molecule has 1 aliphatic heterocycles. The van der Waals surface area contributed by atoms with Crippen LogP contribution in [-0.2, 0) is 0 Å². The third kappa shape index (κ3) is 1.82. The number of nitrogens with one attached hydrogen (secondary N) is 1. The minimum absolute atomic E-state index is 0.198. The van der Waals surface area contributed by atoms with E-state index >= 15 is 0 Å². The molecule has 0 spiro atoms. The minimum Gasteiger partial charge on any atom is -0.489 e. The summed E-state index contributed by atoms with van der Waals surface area (Å²) in [5.41, 5.74) is 1.31. The van der Waals surface area contributed by atoms with Gasteiger partial charge in [-0.25, -0.2) is 0 Å². The van der Waals surface area contributed by atoms with Crippen molar-refractivity contribution in [2.75, 3.05) is 11.9 Å². The van der Waals surface area contributed by atoms with Crippen molar-refractivity contribution in [3.8, 4) is 5.75 Å². The second-order valence-electron chi connectivity index (χ2n) is 6.04. The topological polar surface area (TPSA) is 21.3 Å². The van der Waals surface area contributed by atoms with Crippen LogP contribution < -0.4 is 10.1 Å². The monoisotopic (exact) mass is 241 g/mol. The van der Waals surface area contributed by atoms with E-state index in [1.165, 1.54) is 10.8 Å². The van der Waals surface area contributed by atoms with E-state index < -0.39 is 0 Å². The average Bonchev–Trinajstić information content (AvgIpc) is 2.37. The summed E-state index contributed by atoms with van der Waals surface area (Å²) in [4.78, 5) is 0. The van der Waals surface area contributed by atoms with Gasteiger partial charge in [0.05, 0.1) is 11.7 Å². The Kier molecular flexibility index (Phi) is 2.47. The van der Waals surface area contributed by atoms with E-state index in [0.717, 1.165) is 18.0 Å². The van der Waals surface area contributed by atoms with Gasteiger partial charge in [-0.1, -0.05) is 51.1 Å². The standard InChI is InChI=1S/C16H19NO/c1-16(2,3)14-10-18-15-12-7-5-4-6-11(12)8-9-13(15)17-14/h4-9,14,17H,10H2,1-3H3. The molecule has 1 unspecified atom stereocenters. The number of rotatable bonds is 0. The van der Waals surface area contributed by atoms with Gasteiger partial charge in [-0.05, 0) is 16.9 Å². The lowest BCUT2D eigenvalue weighted by Gasteiger charge is -2.36. The Morgan fingerprint density at radius 1 is 1.11 bits per heavy atom. The van der Waals surface area contributed by atoms with Gasteiger partial charge in [0, 0.05) is 5.39 Å². The number of ether oxygens (including phenoxy) is 1. The van der Waals surface area contributed by atoms with Crippen LogP contribution in [-0.4, -0.2) is 12.6 Å². The number of fused-ring (bicyclic) bond motifs is 3. The number of anilines is 1. The van der Waals surface area contributed by atoms with E-state index in [0.29, 0.717) is 6.04 Å². The molecule has 0 amide bonds. The lowest BCUT2D eigenvalue weighted by atomic mass is 9.86. The van der Waals surface area contributed by atoms with Crippen LogP contribution in [0.2, 0.25) is 0 Å². The molecule has 3 rings (SSSR count). The predicted molar refractivity (Wildman–Crippen MR) is 76.3 cm³/mol. The van der Waals surface area contributed by atoms with Crippen LogP contribution in [0, 0.1) is 5.41 Å². The first-order chi connectivity index (χ1) is 8.55. The molecule has 0 bridgehead atoms. The van der Waals surface area contributed by atoms with E-state index in [4.69, 9.17) is 4.74 Å². The molecular formula is C16H19NO. The minimum atomic E-state index is 0.198. The van der Waals surface area contributed by atoms with Crippen molar-refractivity contribution in [2.45, 2.75) is 26.8 Å². The highest BCUT2D eigenvalue weighted by Crippen LogP contribution is 2.39. The van der Waals surface area contributed by atoms with Crippen LogP contribution in [0.25, 0.3) is 10.8 Å². The number of hydrogen-bond donors (Lipinski definition) is 1. The Bertz CT molecular complexity index is 583. The molecule has 1 aliphatic rings. The summed E-state index contributed by atoms with van der Waals surface area (Å²) >= 11 is 0. The Balaban J connectivity index is 2.06. The second-order valence-corrected chi connectivity index (χ2v) is 6.04. The van der Waals surface area contributed by atoms with Crippen LogP contribution >= 0.6 is 0 Å². The van der Waals surface area contributed by atoms with Crippen molar-refractivity contribution >= 4 is 16.5 Å². The number of hydrogen-bond acceptors (Lipinski definition) is 2. The first kappa shape index (κ1) is 11.4. The highest BCUT2D eigenvalue weighted by molar-refractivity contribution is 5.93. The van der Waals surface area contributed by atoms with Gasteiger partial charge >= 0.3 is 0 Å². The summed E-state index contributed by atoms with van der Waals surface area (Å²) in [6.07, 6.45) is 0. The average molecular weight is 241 g/mol. The maximum absolute atomic E-state index is 6.01. The summed E-state index contributed by atoms with van der Waals surface area (Å²) in [5, 5.41) is 6.02. The maximum Gasteiger partial charge on any atom is 0.150 e. The zero-order chi connectivity index (χ0) is 12.8. The third-order valence-electron chi connectivity index (χ3n) is 3.65. The quantitative estimate of drug-likeness (QED) is 0.751. The third-order valence-corrected chi connectivity index (χ3v) is 3.65. The molecule has 0 fully saturated rings. The molecular weight excluding hydrogens is 222 g/mol. The molecule has 94 valence electrons. The summed E-state index contributed by atoms with van der Waals surface area (Å²) in [5.74, 6) is 0.994. The molecule has 1 N–H and O–H groups in total. The normalized spacial score (nSPS) is 18.9. The zero-order valence-electron chi connectivity index (χ0n) is 11.2. The fourth-order valence-electron chi connectivity index (χ4n) is 2.37. The largest absolute Gasteiger partial charge is 0.489 e. The van der Waals surface area contributed by atoms with Crippen LogP contribution in [0.15, 0.2) is 36.4 Å². The summed E-state index contributed by atoms with van der Waals surface area (Å²) in [6.45, 7) is 7.44. The molecule has 18 heavy (non-hydrogen) atoms. The van der Waals surface area contributed by atoms with Crippen molar-refractivity contribution in [3.63, 3.8) is 0 Å². The van der Waals surface area contributed by atoms with Crippen LogP contribution in [0.1, 0.15) is 20.8 Å². The highest BCUT2D eigenvalue weighted by atomic mass is 16.5. The van der Waals surface area contributed by atoms with Crippen LogP contribution in [0.5, 0.6) is 5.75 Å². The first-order valence-electron chi connectivity index (χ1n) is 6.47. The smallest absolute Gasteiger partial charge is 0.150 e. The van der Waals surface area contributed by atoms with Crippen molar-refractivity contribution < 1.29 is 4.74 Å². The van der Waals surface area contributed by atoms with Crippen LogP contribution in [0.3, 0.4) is 0 Å². The Morgan fingerprint density at radius 2 is 1.89 bits per heavy atom. The van der Waals surface area contributed by atoms with E-state index in [1.54, 1.807) is 0 Å². The Morgan fingerprint density at radius 3 is 2.67 bits per heavy atom. The lowest BCUT2D eigenvalue weighted by Crippen LogP contribution is -2.41. The molecule has 2 nitrogen and oxygen atoms in total. The van der Waals surface area contributed by atoms with Crippen molar-refractivity contribution in [1.82, 2.24) is 0 Å². The van der Waals surface area contributed by atoms with E-state index in [1.807, 2.05) is 0 Å². The second kappa shape index (κ2) is 3.91. The van der Waals surface area contributed by atoms with Crippen molar-refractivity contribution in [3.05, 3.63) is 36.4 Å². The lowest BCUT2D eigenvalue weighted by molar-refractivity contribution is 0.209. The molecule has 2 aromatic carbocycles. The molecule has 0 aliphatic carbocycles. The summed E-state index contributed by atoms with van der Waals surface area (Å²) < 4.78 is 6.01. The van der Waals surface area contributed by atoms with Gasteiger partial charge in [0.1, 0.15) is 12.4 Å². The maximum atomic E-state index is 6.01. The molecule has 0 saturated carbocycles. The fraction of sp³-hybridized carbons (Fsp3) is 0.375. The highest BCUT2D eigenvalue weighted by Gasteiger charge is 2.29. The Labute approximate surface area is 108 Å². The molecule has 0 aromatic heterocycles. The molecule has 1 heterocycles. The van der Waals surface area contributed by atoms with Gasteiger partial charge in [-0.3, -0.25) is 0 Å². The molecule has 2 heteroatoms. The molecule has 1 atom stereocenters. The van der Waals surface area contributed by atoms with Gasteiger partial charge in [0.25, 0.3) is 0 Å². The van der Waals surface area contributed by atoms with Crippen molar-refractivity contribution in [2.24, 2.45) is 5.41 Å². The van der Waals surface area contributed by atoms with Gasteiger partial charge in [-0.15, -0.1) is 0 Å².